The Morgan fingerprint density at radius 2 is 2.16 bits per heavy atom. The number of hydrogen-bond donors (Lipinski definition) is 1. The first-order chi connectivity index (χ1) is 9.19. The minimum atomic E-state index is -0.722. The molecule has 2 rings (SSSR count). The first kappa shape index (κ1) is 13.3. The van der Waals surface area contributed by atoms with Crippen molar-refractivity contribution >= 4 is 11.8 Å². The standard InChI is InChI=1S/C13H16N4O2/c14-7-11-8-16-12(9-15-11)17-5-3-10(4-6-17)1-2-13(18)19/h8-10H,1-6H2,(H,18,19). The summed E-state index contributed by atoms with van der Waals surface area (Å²) in [6, 6.07) is 1.94. The number of nitrogens with zero attached hydrogens (tertiary/aromatic N) is 4. The van der Waals surface area contributed by atoms with Crippen LogP contribution in [0.4, 0.5) is 5.82 Å². The Bertz CT molecular complexity index is 472. The molecular formula is C13H16N4O2. The number of hydrogen-bond acceptors (Lipinski definition) is 5. The van der Waals surface area contributed by atoms with Gasteiger partial charge in [0.1, 0.15) is 11.9 Å². The average Bonchev–Trinajstić information content (AvgIpc) is 2.46. The topological polar surface area (TPSA) is 90.1 Å². The first-order valence-electron chi connectivity index (χ1n) is 6.38. The third-order valence-electron chi connectivity index (χ3n) is 3.46. The zero-order chi connectivity index (χ0) is 13.7. The van der Waals surface area contributed by atoms with Gasteiger partial charge < -0.3 is 10.0 Å². The van der Waals surface area contributed by atoms with Crippen molar-refractivity contribution in [2.24, 2.45) is 5.92 Å². The third kappa shape index (κ3) is 3.65. The van der Waals surface area contributed by atoms with Crippen molar-refractivity contribution in [1.29, 1.82) is 5.26 Å². The lowest BCUT2D eigenvalue weighted by molar-refractivity contribution is -0.137. The van der Waals surface area contributed by atoms with Crippen molar-refractivity contribution in [3.8, 4) is 6.07 Å². The fourth-order valence-electron chi connectivity index (χ4n) is 2.32. The molecule has 19 heavy (non-hydrogen) atoms. The van der Waals surface area contributed by atoms with Crippen LogP contribution in [0.1, 0.15) is 31.4 Å². The summed E-state index contributed by atoms with van der Waals surface area (Å²) in [6.07, 6.45) is 6.06. The Morgan fingerprint density at radius 3 is 2.68 bits per heavy atom. The number of nitriles is 1. The van der Waals surface area contributed by atoms with E-state index in [1.165, 1.54) is 6.20 Å². The van der Waals surface area contributed by atoms with Gasteiger partial charge in [-0.3, -0.25) is 4.79 Å². The number of carbonyl (C=O) groups is 1. The lowest BCUT2D eigenvalue weighted by Crippen LogP contribution is -2.34. The second-order valence-electron chi connectivity index (χ2n) is 4.73. The van der Waals surface area contributed by atoms with E-state index in [1.54, 1.807) is 6.20 Å². The van der Waals surface area contributed by atoms with E-state index in [4.69, 9.17) is 10.4 Å². The summed E-state index contributed by atoms with van der Waals surface area (Å²) < 4.78 is 0. The lowest BCUT2D eigenvalue weighted by atomic mass is 9.92. The lowest BCUT2D eigenvalue weighted by Gasteiger charge is -2.32. The zero-order valence-electron chi connectivity index (χ0n) is 10.6. The Kier molecular flexibility index (Phi) is 4.29. The van der Waals surface area contributed by atoms with E-state index in [0.717, 1.165) is 38.2 Å². The molecule has 6 nitrogen and oxygen atoms in total. The molecule has 0 aromatic carbocycles. The van der Waals surface area contributed by atoms with Crippen LogP contribution in [-0.4, -0.2) is 34.1 Å². The second-order valence-corrected chi connectivity index (χ2v) is 4.73. The SMILES string of the molecule is N#Cc1cnc(N2CCC(CCC(=O)O)CC2)cn1. The zero-order valence-corrected chi connectivity index (χ0v) is 10.6. The van der Waals surface area contributed by atoms with Gasteiger partial charge in [-0.1, -0.05) is 0 Å². The highest BCUT2D eigenvalue weighted by molar-refractivity contribution is 5.66. The molecule has 1 aliphatic heterocycles. The maximum absolute atomic E-state index is 10.5. The Morgan fingerprint density at radius 1 is 1.42 bits per heavy atom. The molecule has 0 atom stereocenters. The van der Waals surface area contributed by atoms with Crippen LogP contribution in [-0.2, 0) is 4.79 Å². The van der Waals surface area contributed by atoms with Crippen LogP contribution in [0.3, 0.4) is 0 Å². The van der Waals surface area contributed by atoms with E-state index < -0.39 is 5.97 Å². The van der Waals surface area contributed by atoms with Gasteiger partial charge >= 0.3 is 5.97 Å². The molecule has 0 radical (unpaired) electrons. The molecule has 0 aliphatic carbocycles. The van der Waals surface area contributed by atoms with Gasteiger partial charge in [0.15, 0.2) is 5.69 Å². The van der Waals surface area contributed by atoms with Crippen LogP contribution >= 0.6 is 0 Å². The number of piperidine rings is 1. The highest BCUT2D eigenvalue weighted by Crippen LogP contribution is 2.24. The van der Waals surface area contributed by atoms with E-state index in [-0.39, 0.29) is 6.42 Å². The van der Waals surface area contributed by atoms with Crippen molar-refractivity contribution in [1.82, 2.24) is 9.97 Å². The van der Waals surface area contributed by atoms with Gasteiger partial charge in [0.05, 0.1) is 12.4 Å². The molecule has 1 fully saturated rings. The maximum atomic E-state index is 10.5. The molecule has 1 aromatic rings. The molecule has 1 N–H and O–H groups in total. The molecule has 100 valence electrons. The minimum absolute atomic E-state index is 0.251. The Labute approximate surface area is 111 Å². The first-order valence-corrected chi connectivity index (χ1v) is 6.38. The van der Waals surface area contributed by atoms with Crippen LogP contribution in [0.25, 0.3) is 0 Å². The van der Waals surface area contributed by atoms with Gasteiger partial charge in [0, 0.05) is 19.5 Å². The largest absolute Gasteiger partial charge is 0.481 e. The summed E-state index contributed by atoms with van der Waals surface area (Å²) in [5, 5.41) is 17.3. The summed E-state index contributed by atoms with van der Waals surface area (Å²) in [5.74, 6) is 0.551. The fraction of sp³-hybridized carbons (Fsp3) is 0.538. The fourth-order valence-corrected chi connectivity index (χ4v) is 2.32. The molecule has 2 heterocycles. The number of anilines is 1. The summed E-state index contributed by atoms with van der Waals surface area (Å²) >= 11 is 0. The predicted molar refractivity (Wildman–Crippen MR) is 68.6 cm³/mol. The van der Waals surface area contributed by atoms with Gasteiger partial charge in [-0.15, -0.1) is 0 Å². The molecule has 0 bridgehead atoms. The van der Waals surface area contributed by atoms with Crippen LogP contribution < -0.4 is 4.90 Å². The highest BCUT2D eigenvalue weighted by atomic mass is 16.4. The molecule has 0 unspecified atom stereocenters. The molecule has 1 aliphatic rings. The normalized spacial score (nSPS) is 16.1. The average molecular weight is 260 g/mol. The van der Waals surface area contributed by atoms with E-state index >= 15 is 0 Å². The van der Waals surface area contributed by atoms with Crippen molar-refractivity contribution in [3.63, 3.8) is 0 Å². The molecule has 1 aromatic heterocycles. The smallest absolute Gasteiger partial charge is 0.303 e. The Balaban J connectivity index is 1.85. The summed E-state index contributed by atoms with van der Waals surface area (Å²) in [4.78, 5) is 20.9. The monoisotopic (exact) mass is 260 g/mol. The number of carboxylic acid groups (broad SMARTS) is 1. The van der Waals surface area contributed by atoms with E-state index in [9.17, 15) is 4.79 Å². The molecule has 1 saturated heterocycles. The number of carboxylic acids is 1. The number of rotatable bonds is 4. The molecular weight excluding hydrogens is 244 g/mol. The van der Waals surface area contributed by atoms with Gasteiger partial charge in [0.25, 0.3) is 0 Å². The van der Waals surface area contributed by atoms with Crippen molar-refractivity contribution in [3.05, 3.63) is 18.1 Å². The van der Waals surface area contributed by atoms with Crippen LogP contribution in [0, 0.1) is 17.2 Å². The third-order valence-corrected chi connectivity index (χ3v) is 3.46. The number of aliphatic carboxylic acids is 1. The molecule has 0 amide bonds. The second kappa shape index (κ2) is 6.14. The molecule has 0 spiro atoms. The van der Waals surface area contributed by atoms with E-state index in [1.807, 2.05) is 6.07 Å². The van der Waals surface area contributed by atoms with Crippen LogP contribution in [0.5, 0.6) is 0 Å². The molecule has 0 saturated carbocycles. The van der Waals surface area contributed by atoms with Gasteiger partial charge in [-0.2, -0.15) is 5.26 Å². The van der Waals surface area contributed by atoms with Crippen molar-refractivity contribution < 1.29 is 9.90 Å². The molecule has 6 heteroatoms. The maximum Gasteiger partial charge on any atom is 0.303 e. The van der Waals surface area contributed by atoms with Crippen molar-refractivity contribution in [2.45, 2.75) is 25.7 Å². The van der Waals surface area contributed by atoms with E-state index in [0.29, 0.717) is 11.6 Å². The summed E-state index contributed by atoms with van der Waals surface area (Å²) in [5.41, 5.74) is 0.320. The van der Waals surface area contributed by atoms with Gasteiger partial charge in [0.2, 0.25) is 0 Å². The Hall–Kier alpha value is -2.16. The van der Waals surface area contributed by atoms with Gasteiger partial charge in [-0.05, 0) is 25.2 Å². The van der Waals surface area contributed by atoms with Crippen LogP contribution in [0.2, 0.25) is 0 Å². The predicted octanol–water partition coefficient (Wildman–Crippen LogP) is 1.43. The summed E-state index contributed by atoms with van der Waals surface area (Å²) in [7, 11) is 0. The minimum Gasteiger partial charge on any atom is -0.481 e. The van der Waals surface area contributed by atoms with E-state index in [2.05, 4.69) is 14.9 Å². The van der Waals surface area contributed by atoms with Crippen LogP contribution in [0.15, 0.2) is 12.4 Å². The van der Waals surface area contributed by atoms with Gasteiger partial charge in [-0.25, -0.2) is 9.97 Å². The van der Waals surface area contributed by atoms with Crippen molar-refractivity contribution in [2.75, 3.05) is 18.0 Å². The highest BCUT2D eigenvalue weighted by Gasteiger charge is 2.20. The quantitative estimate of drug-likeness (QED) is 0.880. The summed E-state index contributed by atoms with van der Waals surface area (Å²) in [6.45, 7) is 1.73. The number of aromatic nitrogens is 2.